The van der Waals surface area contributed by atoms with Crippen molar-refractivity contribution in [3.63, 3.8) is 0 Å². The lowest BCUT2D eigenvalue weighted by Crippen LogP contribution is -2.48. The molecule has 0 atom stereocenters. The van der Waals surface area contributed by atoms with E-state index >= 15 is 0 Å². The second-order valence-corrected chi connectivity index (χ2v) is 7.57. The van der Waals surface area contributed by atoms with E-state index in [0.717, 1.165) is 42.4 Å². The number of thiazole rings is 1. The van der Waals surface area contributed by atoms with Crippen molar-refractivity contribution < 1.29 is 4.79 Å². The monoisotopic (exact) mass is 351 g/mol. The summed E-state index contributed by atoms with van der Waals surface area (Å²) in [5, 5.41) is 1.06. The summed E-state index contributed by atoms with van der Waals surface area (Å²) in [6, 6.07) is 14.1. The highest BCUT2D eigenvalue weighted by atomic mass is 32.1. The van der Waals surface area contributed by atoms with Crippen molar-refractivity contribution in [1.82, 2.24) is 9.88 Å². The third kappa shape index (κ3) is 3.12. The Morgan fingerprint density at radius 1 is 1.00 bits per heavy atom. The van der Waals surface area contributed by atoms with E-state index in [4.69, 9.17) is 4.98 Å². The molecule has 0 aliphatic carbocycles. The fraction of sp³-hybridized carbons (Fsp3) is 0.300. The van der Waals surface area contributed by atoms with Crippen molar-refractivity contribution in [3.8, 4) is 0 Å². The van der Waals surface area contributed by atoms with E-state index in [1.165, 1.54) is 15.8 Å². The van der Waals surface area contributed by atoms with Crippen LogP contribution in [0.2, 0.25) is 0 Å². The van der Waals surface area contributed by atoms with E-state index in [2.05, 4.69) is 30.0 Å². The van der Waals surface area contributed by atoms with E-state index < -0.39 is 0 Å². The maximum Gasteiger partial charge on any atom is 0.253 e. The van der Waals surface area contributed by atoms with Crippen LogP contribution in [-0.2, 0) is 0 Å². The van der Waals surface area contributed by atoms with Gasteiger partial charge in [0.15, 0.2) is 5.13 Å². The number of hydrogen-bond donors (Lipinski definition) is 0. The quantitative estimate of drug-likeness (QED) is 0.703. The highest BCUT2D eigenvalue weighted by Crippen LogP contribution is 2.31. The molecular formula is C20H21N3OS. The zero-order chi connectivity index (χ0) is 17.4. The number of carbonyl (C=O) groups excluding carboxylic acids is 1. The molecule has 1 fully saturated rings. The van der Waals surface area contributed by atoms with Crippen molar-refractivity contribution in [3.05, 3.63) is 59.2 Å². The summed E-state index contributed by atoms with van der Waals surface area (Å²) in [5.41, 5.74) is 4.26. The second-order valence-electron chi connectivity index (χ2n) is 6.56. The number of nitrogens with zero attached hydrogens (tertiary/aromatic N) is 3. The summed E-state index contributed by atoms with van der Waals surface area (Å²) in [6.45, 7) is 7.27. The molecule has 2 aromatic carbocycles. The van der Waals surface area contributed by atoms with Crippen LogP contribution in [0.4, 0.5) is 5.13 Å². The fourth-order valence-corrected chi connectivity index (χ4v) is 4.28. The average molecular weight is 351 g/mol. The number of para-hydroxylation sites is 1. The van der Waals surface area contributed by atoms with E-state index in [1.807, 2.05) is 36.1 Å². The summed E-state index contributed by atoms with van der Waals surface area (Å²) in [4.78, 5) is 21.7. The van der Waals surface area contributed by atoms with Crippen LogP contribution < -0.4 is 4.90 Å². The van der Waals surface area contributed by atoms with Crippen molar-refractivity contribution in [2.24, 2.45) is 0 Å². The molecule has 1 aromatic heterocycles. The minimum absolute atomic E-state index is 0.125. The number of fused-ring (bicyclic) bond motifs is 1. The third-order valence-corrected chi connectivity index (χ3v) is 5.83. The molecule has 0 unspecified atom stereocenters. The van der Waals surface area contributed by atoms with Crippen molar-refractivity contribution >= 4 is 32.6 Å². The predicted molar refractivity (Wildman–Crippen MR) is 104 cm³/mol. The van der Waals surface area contributed by atoms with Gasteiger partial charge in [0.25, 0.3) is 5.91 Å². The van der Waals surface area contributed by atoms with Gasteiger partial charge >= 0.3 is 0 Å². The summed E-state index contributed by atoms with van der Waals surface area (Å²) in [6.07, 6.45) is 0. The van der Waals surface area contributed by atoms with Crippen LogP contribution in [0.1, 0.15) is 21.5 Å². The van der Waals surface area contributed by atoms with Crippen LogP contribution in [-0.4, -0.2) is 42.0 Å². The zero-order valence-electron chi connectivity index (χ0n) is 14.5. The molecule has 0 bridgehead atoms. The largest absolute Gasteiger partial charge is 0.345 e. The first-order valence-electron chi connectivity index (χ1n) is 8.59. The van der Waals surface area contributed by atoms with Crippen LogP contribution in [0.15, 0.2) is 42.5 Å². The standard InChI is InChI=1S/C20H21N3OS/c1-14-6-8-16(9-7-14)19(24)22-10-12-23(13-11-22)20-21-18-15(2)4-3-5-17(18)25-20/h3-9H,10-13H2,1-2H3. The zero-order valence-corrected chi connectivity index (χ0v) is 15.3. The highest BCUT2D eigenvalue weighted by molar-refractivity contribution is 7.22. The van der Waals surface area contributed by atoms with Crippen molar-refractivity contribution in [2.75, 3.05) is 31.1 Å². The molecule has 0 saturated carbocycles. The van der Waals surface area contributed by atoms with Crippen LogP contribution in [0, 0.1) is 13.8 Å². The Bertz CT molecular complexity index is 908. The molecular weight excluding hydrogens is 330 g/mol. The number of piperazine rings is 1. The van der Waals surface area contributed by atoms with Crippen LogP contribution >= 0.6 is 11.3 Å². The van der Waals surface area contributed by atoms with Gasteiger partial charge in [-0.3, -0.25) is 4.79 Å². The normalized spacial score (nSPS) is 15.0. The summed E-state index contributed by atoms with van der Waals surface area (Å²) < 4.78 is 1.23. The molecule has 1 aliphatic heterocycles. The van der Waals surface area contributed by atoms with Gasteiger partial charge in [-0.1, -0.05) is 41.2 Å². The summed E-state index contributed by atoms with van der Waals surface area (Å²) in [5.74, 6) is 0.125. The topological polar surface area (TPSA) is 36.4 Å². The van der Waals surface area contributed by atoms with Crippen molar-refractivity contribution in [1.29, 1.82) is 0 Å². The molecule has 1 aliphatic rings. The molecule has 4 rings (SSSR count). The minimum atomic E-state index is 0.125. The Morgan fingerprint density at radius 2 is 1.72 bits per heavy atom. The molecule has 4 nitrogen and oxygen atoms in total. The van der Waals surface area contributed by atoms with Gasteiger partial charge in [0.1, 0.15) is 0 Å². The van der Waals surface area contributed by atoms with Gasteiger partial charge in [0.05, 0.1) is 10.2 Å². The summed E-state index contributed by atoms with van der Waals surface area (Å²) in [7, 11) is 0. The number of aryl methyl sites for hydroxylation is 2. The predicted octanol–water partition coefficient (Wildman–Crippen LogP) is 3.88. The van der Waals surface area contributed by atoms with Crippen molar-refractivity contribution in [2.45, 2.75) is 13.8 Å². The number of amides is 1. The first kappa shape index (κ1) is 16.1. The smallest absolute Gasteiger partial charge is 0.253 e. The molecule has 0 radical (unpaired) electrons. The van der Waals surface area contributed by atoms with E-state index in [-0.39, 0.29) is 5.91 Å². The maximum atomic E-state index is 12.6. The number of benzene rings is 2. The number of aromatic nitrogens is 1. The number of hydrogen-bond acceptors (Lipinski definition) is 4. The number of anilines is 1. The molecule has 5 heteroatoms. The Balaban J connectivity index is 1.46. The third-order valence-electron chi connectivity index (χ3n) is 4.75. The molecule has 128 valence electrons. The lowest BCUT2D eigenvalue weighted by atomic mass is 10.1. The number of carbonyl (C=O) groups is 1. The Labute approximate surface area is 151 Å². The van der Waals surface area contributed by atoms with Gasteiger partial charge in [0, 0.05) is 31.7 Å². The Morgan fingerprint density at radius 3 is 2.40 bits per heavy atom. The first-order valence-corrected chi connectivity index (χ1v) is 9.40. The Kier molecular flexibility index (Phi) is 4.17. The molecule has 0 spiro atoms. The van der Waals surface area contributed by atoms with Gasteiger partial charge in [-0.2, -0.15) is 0 Å². The Hall–Kier alpha value is -2.40. The second kappa shape index (κ2) is 6.48. The molecule has 2 heterocycles. The maximum absolute atomic E-state index is 12.6. The van der Waals surface area contributed by atoms with Gasteiger partial charge in [-0.25, -0.2) is 4.98 Å². The van der Waals surface area contributed by atoms with Gasteiger partial charge in [0.2, 0.25) is 0 Å². The number of rotatable bonds is 2. The molecule has 25 heavy (non-hydrogen) atoms. The van der Waals surface area contributed by atoms with Gasteiger partial charge in [-0.15, -0.1) is 0 Å². The minimum Gasteiger partial charge on any atom is -0.345 e. The average Bonchev–Trinajstić information content (AvgIpc) is 3.08. The fourth-order valence-electron chi connectivity index (χ4n) is 3.19. The highest BCUT2D eigenvalue weighted by Gasteiger charge is 2.24. The van der Waals surface area contributed by atoms with E-state index in [0.29, 0.717) is 0 Å². The van der Waals surface area contributed by atoms with Crippen LogP contribution in [0.25, 0.3) is 10.2 Å². The van der Waals surface area contributed by atoms with Gasteiger partial charge in [-0.05, 0) is 37.6 Å². The lowest BCUT2D eigenvalue weighted by molar-refractivity contribution is 0.0747. The molecule has 1 saturated heterocycles. The SMILES string of the molecule is Cc1ccc(C(=O)N2CCN(c3nc4c(C)cccc4s3)CC2)cc1. The van der Waals surface area contributed by atoms with E-state index in [9.17, 15) is 4.79 Å². The van der Waals surface area contributed by atoms with Crippen LogP contribution in [0.3, 0.4) is 0 Å². The lowest BCUT2D eigenvalue weighted by Gasteiger charge is -2.34. The summed E-state index contributed by atoms with van der Waals surface area (Å²) >= 11 is 1.74. The first-order chi connectivity index (χ1) is 12.1. The van der Waals surface area contributed by atoms with Crippen LogP contribution in [0.5, 0.6) is 0 Å². The molecule has 0 N–H and O–H groups in total. The molecule has 3 aromatic rings. The van der Waals surface area contributed by atoms with E-state index in [1.54, 1.807) is 11.3 Å². The van der Waals surface area contributed by atoms with Gasteiger partial charge < -0.3 is 9.80 Å². The molecule has 1 amide bonds.